The molecule has 7 heteroatoms. The molecule has 0 rings (SSSR count). The highest BCUT2D eigenvalue weighted by molar-refractivity contribution is 5.82. The topological polar surface area (TPSA) is 96.9 Å². The number of amides is 2. The summed E-state index contributed by atoms with van der Waals surface area (Å²) in [5.74, 6) is -1.03. The van der Waals surface area contributed by atoms with Crippen LogP contribution in [0, 0.1) is 0 Å². The van der Waals surface area contributed by atoms with Crippen LogP contribution in [0.5, 0.6) is 0 Å². The molecule has 1 atom stereocenters. The summed E-state index contributed by atoms with van der Waals surface area (Å²) in [5.41, 5.74) is 0. The molecule has 3 N–H and O–H groups in total. The van der Waals surface area contributed by atoms with Gasteiger partial charge in [-0.1, -0.05) is 6.92 Å². The minimum absolute atomic E-state index is 0.350. The lowest BCUT2D eigenvalue weighted by Crippen LogP contribution is -2.45. The van der Waals surface area contributed by atoms with Gasteiger partial charge in [0.05, 0.1) is 13.2 Å². The zero-order chi connectivity index (χ0) is 13.8. The number of carbonyl (C=O) groups excluding carboxylic acids is 1. The lowest BCUT2D eigenvalue weighted by atomic mass is 10.2. The molecule has 0 heterocycles. The van der Waals surface area contributed by atoms with Crippen molar-refractivity contribution < 1.29 is 24.2 Å². The Bertz CT molecular complexity index is 248. The molecule has 0 aromatic heterocycles. The maximum atomic E-state index is 11.3. The second-order valence-corrected chi connectivity index (χ2v) is 3.66. The van der Waals surface area contributed by atoms with Crippen molar-refractivity contribution in [3.05, 3.63) is 0 Å². The van der Waals surface area contributed by atoms with Crippen LogP contribution in [0.15, 0.2) is 0 Å². The first-order chi connectivity index (χ1) is 8.61. The molecule has 0 aliphatic heterocycles. The zero-order valence-electron chi connectivity index (χ0n) is 10.9. The summed E-state index contributed by atoms with van der Waals surface area (Å²) in [5, 5.41) is 13.7. The number of methoxy groups -OCH3 is 1. The van der Waals surface area contributed by atoms with E-state index in [0.717, 1.165) is 0 Å². The van der Waals surface area contributed by atoms with Crippen LogP contribution in [0.1, 0.15) is 19.8 Å². The number of nitrogens with one attached hydrogen (secondary N) is 2. The predicted octanol–water partition coefficient (Wildman–Crippen LogP) is 0.202. The highest BCUT2D eigenvalue weighted by atomic mass is 16.5. The van der Waals surface area contributed by atoms with Gasteiger partial charge < -0.3 is 25.2 Å². The van der Waals surface area contributed by atoms with E-state index >= 15 is 0 Å². The van der Waals surface area contributed by atoms with E-state index in [4.69, 9.17) is 14.6 Å². The number of rotatable bonds is 10. The van der Waals surface area contributed by atoms with Gasteiger partial charge in [-0.3, -0.25) is 0 Å². The average Bonchev–Trinajstić information content (AvgIpc) is 2.34. The van der Waals surface area contributed by atoms with Crippen LogP contribution >= 0.6 is 0 Å². The van der Waals surface area contributed by atoms with Crippen molar-refractivity contribution in [3.8, 4) is 0 Å². The molecule has 18 heavy (non-hydrogen) atoms. The van der Waals surface area contributed by atoms with E-state index in [1.165, 1.54) is 0 Å². The van der Waals surface area contributed by atoms with Crippen molar-refractivity contribution in [1.82, 2.24) is 10.6 Å². The Labute approximate surface area is 107 Å². The number of ether oxygens (including phenoxy) is 2. The molecular weight excluding hydrogens is 240 g/mol. The predicted molar refractivity (Wildman–Crippen MR) is 65.6 cm³/mol. The van der Waals surface area contributed by atoms with Crippen molar-refractivity contribution in [2.75, 3.05) is 33.5 Å². The second kappa shape index (κ2) is 10.8. The molecule has 0 unspecified atom stereocenters. The van der Waals surface area contributed by atoms with Crippen LogP contribution < -0.4 is 10.6 Å². The van der Waals surface area contributed by atoms with E-state index < -0.39 is 18.0 Å². The SMILES string of the molecule is CC[C@H](NC(=O)NCCCOCCOC)C(=O)O. The summed E-state index contributed by atoms with van der Waals surface area (Å²) >= 11 is 0. The standard InChI is InChI=1S/C11H22N2O5/c1-3-9(10(14)15)13-11(16)12-5-4-6-18-8-7-17-2/h9H,3-8H2,1-2H3,(H,14,15)(H2,12,13,16)/t9-/m0/s1. The first kappa shape index (κ1) is 16.7. The lowest BCUT2D eigenvalue weighted by molar-refractivity contribution is -0.139. The molecule has 0 spiro atoms. The van der Waals surface area contributed by atoms with Gasteiger partial charge in [-0.25, -0.2) is 9.59 Å². The van der Waals surface area contributed by atoms with Gasteiger partial charge in [-0.05, 0) is 12.8 Å². The van der Waals surface area contributed by atoms with Crippen molar-refractivity contribution in [3.63, 3.8) is 0 Å². The number of carbonyl (C=O) groups is 2. The molecule has 0 bridgehead atoms. The molecule has 0 aromatic rings. The van der Waals surface area contributed by atoms with Crippen molar-refractivity contribution >= 4 is 12.0 Å². The molecule has 0 aliphatic carbocycles. The van der Waals surface area contributed by atoms with Gasteiger partial charge in [-0.2, -0.15) is 0 Å². The summed E-state index contributed by atoms with van der Waals surface area (Å²) in [6.45, 7) is 3.74. The van der Waals surface area contributed by atoms with Crippen LogP contribution in [0.2, 0.25) is 0 Å². The Morgan fingerprint density at radius 2 is 2.00 bits per heavy atom. The molecular formula is C11H22N2O5. The highest BCUT2D eigenvalue weighted by Crippen LogP contribution is 1.90. The maximum Gasteiger partial charge on any atom is 0.326 e. The van der Waals surface area contributed by atoms with Crippen LogP contribution in [0.3, 0.4) is 0 Å². The van der Waals surface area contributed by atoms with Crippen molar-refractivity contribution in [2.24, 2.45) is 0 Å². The molecule has 0 aliphatic rings. The molecule has 0 saturated carbocycles. The first-order valence-electron chi connectivity index (χ1n) is 5.95. The second-order valence-electron chi connectivity index (χ2n) is 3.66. The summed E-state index contributed by atoms with van der Waals surface area (Å²) < 4.78 is 10.0. The van der Waals surface area contributed by atoms with Gasteiger partial charge in [0.2, 0.25) is 0 Å². The monoisotopic (exact) mass is 262 g/mol. The summed E-state index contributed by atoms with van der Waals surface area (Å²) in [6, 6.07) is -1.32. The summed E-state index contributed by atoms with van der Waals surface area (Å²) in [4.78, 5) is 22.0. The molecule has 106 valence electrons. The smallest absolute Gasteiger partial charge is 0.326 e. The van der Waals surface area contributed by atoms with Gasteiger partial charge in [0.25, 0.3) is 0 Å². The Hall–Kier alpha value is -1.34. The highest BCUT2D eigenvalue weighted by Gasteiger charge is 2.16. The first-order valence-corrected chi connectivity index (χ1v) is 5.95. The van der Waals surface area contributed by atoms with Gasteiger partial charge >= 0.3 is 12.0 Å². The molecule has 0 fully saturated rings. The maximum absolute atomic E-state index is 11.3. The van der Waals surface area contributed by atoms with Crippen LogP contribution in [0.4, 0.5) is 4.79 Å². The van der Waals surface area contributed by atoms with Gasteiger partial charge in [0.15, 0.2) is 0 Å². The van der Waals surface area contributed by atoms with Crippen LogP contribution in [-0.2, 0) is 14.3 Å². The normalized spacial score (nSPS) is 11.9. The number of carboxylic acid groups (broad SMARTS) is 1. The van der Waals surface area contributed by atoms with Gasteiger partial charge in [0.1, 0.15) is 6.04 Å². The molecule has 7 nitrogen and oxygen atoms in total. The molecule has 0 radical (unpaired) electrons. The summed E-state index contributed by atoms with van der Waals surface area (Å²) in [7, 11) is 1.60. The quantitative estimate of drug-likeness (QED) is 0.489. The minimum atomic E-state index is -1.03. The molecule has 2 amide bonds. The number of urea groups is 1. The fourth-order valence-corrected chi connectivity index (χ4v) is 1.17. The van der Waals surface area contributed by atoms with E-state index in [-0.39, 0.29) is 0 Å². The third-order valence-corrected chi connectivity index (χ3v) is 2.19. The Balaban J connectivity index is 3.50. The number of carboxylic acids is 1. The van der Waals surface area contributed by atoms with E-state index in [9.17, 15) is 9.59 Å². The van der Waals surface area contributed by atoms with Gasteiger partial charge in [-0.15, -0.1) is 0 Å². The third-order valence-electron chi connectivity index (χ3n) is 2.19. The van der Waals surface area contributed by atoms with E-state index in [1.54, 1.807) is 14.0 Å². The third kappa shape index (κ3) is 8.77. The average molecular weight is 262 g/mol. The minimum Gasteiger partial charge on any atom is -0.480 e. The fourth-order valence-electron chi connectivity index (χ4n) is 1.17. The fraction of sp³-hybridized carbons (Fsp3) is 0.818. The molecule has 0 saturated heterocycles. The zero-order valence-corrected chi connectivity index (χ0v) is 10.9. The van der Waals surface area contributed by atoms with Gasteiger partial charge in [0, 0.05) is 20.3 Å². The number of hydrogen-bond donors (Lipinski definition) is 3. The number of hydrogen-bond acceptors (Lipinski definition) is 4. The Morgan fingerprint density at radius 1 is 1.28 bits per heavy atom. The van der Waals surface area contributed by atoms with Crippen LogP contribution in [0.25, 0.3) is 0 Å². The summed E-state index contributed by atoms with van der Waals surface area (Å²) in [6.07, 6.45) is 1.02. The Kier molecular flexibility index (Phi) is 9.99. The van der Waals surface area contributed by atoms with Crippen molar-refractivity contribution in [2.45, 2.75) is 25.8 Å². The van der Waals surface area contributed by atoms with Crippen LogP contribution in [-0.4, -0.2) is 56.6 Å². The molecule has 0 aromatic carbocycles. The van der Waals surface area contributed by atoms with E-state index in [2.05, 4.69) is 10.6 Å². The largest absolute Gasteiger partial charge is 0.480 e. The van der Waals surface area contributed by atoms with E-state index in [1.807, 2.05) is 0 Å². The lowest BCUT2D eigenvalue weighted by Gasteiger charge is -2.13. The van der Waals surface area contributed by atoms with Crippen molar-refractivity contribution in [1.29, 1.82) is 0 Å². The Morgan fingerprint density at radius 3 is 2.56 bits per heavy atom. The number of aliphatic carboxylic acids is 1. The van der Waals surface area contributed by atoms with E-state index in [0.29, 0.717) is 39.2 Å².